The Balaban J connectivity index is 0.00000341. The van der Waals surface area contributed by atoms with Gasteiger partial charge in [-0.15, -0.1) is 24.0 Å². The highest BCUT2D eigenvalue weighted by Crippen LogP contribution is 2.26. The lowest BCUT2D eigenvalue weighted by atomic mass is 10.0. The van der Waals surface area contributed by atoms with Crippen LogP contribution in [0, 0.1) is 0 Å². The highest BCUT2D eigenvalue weighted by atomic mass is 127. The molecule has 5 nitrogen and oxygen atoms in total. The fourth-order valence-electron chi connectivity index (χ4n) is 4.93. The summed E-state index contributed by atoms with van der Waals surface area (Å²) in [5, 5.41) is 10.9. The molecule has 1 atom stereocenters. The van der Waals surface area contributed by atoms with Crippen molar-refractivity contribution < 1.29 is 0 Å². The number of aliphatic imine (C=N–C) groups is 1. The number of likely N-dealkylation sites (tertiary alicyclic amines) is 1. The van der Waals surface area contributed by atoms with Gasteiger partial charge < -0.3 is 20.9 Å². The van der Waals surface area contributed by atoms with Crippen LogP contribution in [0.1, 0.15) is 77.8 Å². The van der Waals surface area contributed by atoms with E-state index in [1.807, 2.05) is 0 Å². The molecule has 1 aromatic carbocycles. The summed E-state index contributed by atoms with van der Waals surface area (Å²) in [4.78, 5) is 7.67. The first-order valence-electron chi connectivity index (χ1n) is 12.1. The zero-order chi connectivity index (χ0) is 21.4. The van der Waals surface area contributed by atoms with Crippen molar-refractivity contribution in [2.24, 2.45) is 4.99 Å². The van der Waals surface area contributed by atoms with Crippen LogP contribution in [0.2, 0.25) is 0 Å². The van der Waals surface area contributed by atoms with E-state index in [9.17, 15) is 0 Å². The smallest absolute Gasteiger partial charge is 0.191 e. The van der Waals surface area contributed by atoms with E-state index < -0.39 is 0 Å². The molecule has 6 heteroatoms. The summed E-state index contributed by atoms with van der Waals surface area (Å²) >= 11 is 0. The Hall–Kier alpha value is -0.860. The largest absolute Gasteiger partial charge is 0.357 e. The van der Waals surface area contributed by atoms with Gasteiger partial charge in [-0.2, -0.15) is 0 Å². The number of nitrogens with zero attached hydrogens (tertiary/aromatic N) is 2. The summed E-state index contributed by atoms with van der Waals surface area (Å²) in [6.45, 7) is 12.9. The molecule has 1 heterocycles. The molecule has 0 spiro atoms. The molecule has 0 amide bonds. The lowest BCUT2D eigenvalue weighted by Crippen LogP contribution is -2.51. The highest BCUT2D eigenvalue weighted by Gasteiger charge is 2.27. The molecule has 1 aromatic rings. The number of nitrogens with one attached hydrogen (secondary N) is 3. The summed E-state index contributed by atoms with van der Waals surface area (Å²) in [6.07, 6.45) is 8.10. The third kappa shape index (κ3) is 8.54. The Morgan fingerprint density at radius 2 is 1.74 bits per heavy atom. The normalized spacial score (nSPS) is 20.3. The van der Waals surface area contributed by atoms with Gasteiger partial charge >= 0.3 is 0 Å². The van der Waals surface area contributed by atoms with Crippen molar-refractivity contribution >= 4 is 29.9 Å². The molecule has 1 aliphatic carbocycles. The van der Waals surface area contributed by atoms with Crippen molar-refractivity contribution in [2.45, 2.75) is 89.9 Å². The Morgan fingerprint density at radius 1 is 1.10 bits per heavy atom. The molecule has 0 aromatic heterocycles. The van der Waals surface area contributed by atoms with Gasteiger partial charge in [0.05, 0.1) is 6.54 Å². The third-order valence-electron chi connectivity index (χ3n) is 6.59. The molecule has 0 radical (unpaired) electrons. The second-order valence-electron chi connectivity index (χ2n) is 9.75. The molecular formula is C25H44IN5. The topological polar surface area (TPSA) is 51.7 Å². The molecular weight excluding hydrogens is 497 g/mol. The summed E-state index contributed by atoms with van der Waals surface area (Å²) < 4.78 is 0. The fourth-order valence-corrected chi connectivity index (χ4v) is 4.93. The number of benzene rings is 1. The van der Waals surface area contributed by atoms with Gasteiger partial charge in [-0.25, -0.2) is 0 Å². The van der Waals surface area contributed by atoms with Crippen molar-refractivity contribution in [3.8, 4) is 0 Å². The molecule has 0 bridgehead atoms. The van der Waals surface area contributed by atoms with E-state index in [2.05, 4.69) is 78.9 Å². The quantitative estimate of drug-likeness (QED) is 0.254. The number of hydrogen-bond donors (Lipinski definition) is 3. The van der Waals surface area contributed by atoms with Gasteiger partial charge in [-0.05, 0) is 58.9 Å². The second kappa shape index (κ2) is 13.0. The van der Waals surface area contributed by atoms with Gasteiger partial charge in [0, 0.05) is 43.3 Å². The van der Waals surface area contributed by atoms with E-state index in [1.54, 1.807) is 0 Å². The van der Waals surface area contributed by atoms with Gasteiger partial charge in [0.25, 0.3) is 0 Å². The second-order valence-corrected chi connectivity index (χ2v) is 9.75. The van der Waals surface area contributed by atoms with Crippen LogP contribution in [0.3, 0.4) is 0 Å². The van der Waals surface area contributed by atoms with Gasteiger partial charge in [-0.3, -0.25) is 4.99 Å². The lowest BCUT2D eigenvalue weighted by molar-refractivity contribution is 0.150. The predicted octanol–water partition coefficient (Wildman–Crippen LogP) is 4.70. The Labute approximate surface area is 207 Å². The number of piperidine rings is 1. The zero-order valence-corrected chi connectivity index (χ0v) is 22.3. The standard InChI is InChI=1S/C25H43N5.HI/c1-5-26-24(28-22-15-17-30(18-16-22)23-13-9-10-14-23)27-19-25(3,4)29-20(2)21-11-7-6-8-12-21;/h6-8,11-12,20,22-23,29H,5,9-10,13-19H2,1-4H3,(H2,26,27,28);1H. The van der Waals surface area contributed by atoms with Crippen LogP contribution in [0.4, 0.5) is 0 Å². The van der Waals surface area contributed by atoms with E-state index in [1.165, 1.54) is 57.2 Å². The molecule has 1 saturated heterocycles. The first-order valence-corrected chi connectivity index (χ1v) is 12.1. The SMILES string of the molecule is CCNC(=NCC(C)(C)NC(C)c1ccccc1)NC1CCN(C2CCCC2)CC1.I. The minimum Gasteiger partial charge on any atom is -0.357 e. The van der Waals surface area contributed by atoms with Crippen molar-refractivity contribution in [1.82, 2.24) is 20.9 Å². The molecule has 2 fully saturated rings. The van der Waals surface area contributed by atoms with Crippen LogP contribution in [0.15, 0.2) is 35.3 Å². The number of rotatable bonds is 8. The molecule has 176 valence electrons. The molecule has 3 N–H and O–H groups in total. The Bertz CT molecular complexity index is 649. The van der Waals surface area contributed by atoms with Gasteiger partial charge in [0.15, 0.2) is 5.96 Å². The monoisotopic (exact) mass is 541 g/mol. The highest BCUT2D eigenvalue weighted by molar-refractivity contribution is 14.0. The average molecular weight is 542 g/mol. The number of halogens is 1. The van der Waals surface area contributed by atoms with Gasteiger partial charge in [0.1, 0.15) is 0 Å². The van der Waals surface area contributed by atoms with Crippen molar-refractivity contribution in [2.75, 3.05) is 26.2 Å². The minimum atomic E-state index is -0.0799. The van der Waals surface area contributed by atoms with Gasteiger partial charge in [0.2, 0.25) is 0 Å². The summed E-state index contributed by atoms with van der Waals surface area (Å²) in [7, 11) is 0. The molecule has 3 rings (SSSR count). The van der Waals surface area contributed by atoms with E-state index in [4.69, 9.17) is 4.99 Å². The summed E-state index contributed by atoms with van der Waals surface area (Å²) in [6, 6.07) is 12.3. The molecule has 2 aliphatic rings. The first kappa shape index (κ1) is 26.4. The van der Waals surface area contributed by atoms with E-state index >= 15 is 0 Å². The van der Waals surface area contributed by atoms with Crippen LogP contribution < -0.4 is 16.0 Å². The molecule has 1 saturated carbocycles. The van der Waals surface area contributed by atoms with Crippen LogP contribution >= 0.6 is 24.0 Å². The maximum Gasteiger partial charge on any atom is 0.191 e. The van der Waals surface area contributed by atoms with E-state index in [0.717, 1.165) is 25.1 Å². The van der Waals surface area contributed by atoms with E-state index in [-0.39, 0.29) is 29.5 Å². The van der Waals surface area contributed by atoms with Crippen LogP contribution in [0.5, 0.6) is 0 Å². The van der Waals surface area contributed by atoms with Crippen LogP contribution in [-0.2, 0) is 0 Å². The average Bonchev–Trinajstić information content (AvgIpc) is 3.28. The third-order valence-corrected chi connectivity index (χ3v) is 6.59. The zero-order valence-electron chi connectivity index (χ0n) is 20.0. The maximum absolute atomic E-state index is 4.94. The minimum absolute atomic E-state index is 0. The number of hydrogen-bond acceptors (Lipinski definition) is 3. The molecule has 31 heavy (non-hydrogen) atoms. The summed E-state index contributed by atoms with van der Waals surface area (Å²) in [5.41, 5.74) is 1.23. The fraction of sp³-hybridized carbons (Fsp3) is 0.720. The van der Waals surface area contributed by atoms with Crippen LogP contribution in [-0.4, -0.2) is 54.7 Å². The maximum atomic E-state index is 4.94. The van der Waals surface area contributed by atoms with Gasteiger partial charge in [-0.1, -0.05) is 43.2 Å². The van der Waals surface area contributed by atoms with Crippen LogP contribution in [0.25, 0.3) is 0 Å². The first-order chi connectivity index (χ1) is 14.5. The Morgan fingerprint density at radius 3 is 2.35 bits per heavy atom. The predicted molar refractivity (Wildman–Crippen MR) is 143 cm³/mol. The number of guanidine groups is 1. The molecule has 1 unspecified atom stereocenters. The van der Waals surface area contributed by atoms with Crippen molar-refractivity contribution in [3.05, 3.63) is 35.9 Å². The lowest BCUT2D eigenvalue weighted by Gasteiger charge is -2.36. The molecule has 1 aliphatic heterocycles. The van der Waals surface area contributed by atoms with Crippen molar-refractivity contribution in [3.63, 3.8) is 0 Å². The van der Waals surface area contributed by atoms with E-state index in [0.29, 0.717) is 12.1 Å². The summed E-state index contributed by atoms with van der Waals surface area (Å²) in [5.74, 6) is 0.957. The Kier molecular flexibility index (Phi) is 11.1. The van der Waals surface area contributed by atoms with Crippen molar-refractivity contribution in [1.29, 1.82) is 0 Å².